The van der Waals surface area contributed by atoms with Crippen LogP contribution in [-0.4, -0.2) is 50.7 Å². The summed E-state index contributed by atoms with van der Waals surface area (Å²) in [5.74, 6) is -1.46. The molecule has 0 bridgehead atoms. The van der Waals surface area contributed by atoms with Crippen LogP contribution in [0.2, 0.25) is 0 Å². The van der Waals surface area contributed by atoms with Gasteiger partial charge >= 0.3 is 0 Å². The molecule has 0 aliphatic rings. The Kier molecular flexibility index (Phi) is 8.83. The van der Waals surface area contributed by atoms with Crippen molar-refractivity contribution in [3.8, 4) is 0 Å². The Balaban J connectivity index is 2.05. The first-order valence-corrected chi connectivity index (χ1v) is 11.4. The van der Waals surface area contributed by atoms with Gasteiger partial charge in [-0.05, 0) is 31.2 Å². The number of allylic oxidation sites excluding steroid dienone is 3. The zero-order chi connectivity index (χ0) is 23.0. The van der Waals surface area contributed by atoms with E-state index in [4.69, 9.17) is 15.6 Å². The SMILES string of the molecule is C=C(C(=O)c1sc(Nc2ccc(S(=O)(=O)NCCOCCO)cc2)nc1N)/C(F)=C\C. The second-order valence-corrected chi connectivity index (χ2v) is 8.83. The lowest BCUT2D eigenvalue weighted by Gasteiger charge is -2.08. The highest BCUT2D eigenvalue weighted by Gasteiger charge is 2.21. The smallest absolute Gasteiger partial charge is 0.240 e. The van der Waals surface area contributed by atoms with Gasteiger partial charge in [0.05, 0.1) is 30.3 Å². The number of rotatable bonds is 12. The quantitative estimate of drug-likeness (QED) is 0.160. The zero-order valence-corrected chi connectivity index (χ0v) is 18.4. The van der Waals surface area contributed by atoms with Crippen LogP contribution in [0.5, 0.6) is 0 Å². The van der Waals surface area contributed by atoms with E-state index < -0.39 is 21.6 Å². The molecule has 0 aliphatic heterocycles. The van der Waals surface area contributed by atoms with Gasteiger partial charge in [-0.3, -0.25) is 4.79 Å². The normalized spacial score (nSPS) is 12.0. The van der Waals surface area contributed by atoms with Gasteiger partial charge in [-0.15, -0.1) is 0 Å². The Morgan fingerprint density at radius 2 is 2.03 bits per heavy atom. The maximum absolute atomic E-state index is 13.6. The first-order chi connectivity index (χ1) is 14.7. The molecule has 0 saturated carbocycles. The number of hydrogen-bond acceptors (Lipinski definition) is 9. The number of thiazole rings is 1. The molecule has 168 valence electrons. The predicted octanol–water partition coefficient (Wildman–Crippen LogP) is 2.37. The average molecular weight is 471 g/mol. The molecule has 0 spiro atoms. The fourth-order valence-corrected chi connectivity index (χ4v) is 4.19. The number of aliphatic hydroxyl groups excluding tert-OH is 1. The number of ether oxygens (including phenoxy) is 1. The summed E-state index contributed by atoms with van der Waals surface area (Å²) in [4.78, 5) is 16.5. The van der Waals surface area contributed by atoms with Crippen molar-refractivity contribution in [1.29, 1.82) is 0 Å². The number of nitrogens with one attached hydrogen (secondary N) is 2. The van der Waals surface area contributed by atoms with Gasteiger partial charge in [0.15, 0.2) is 5.13 Å². The molecule has 0 fully saturated rings. The van der Waals surface area contributed by atoms with Gasteiger partial charge in [0.25, 0.3) is 0 Å². The van der Waals surface area contributed by atoms with Crippen LogP contribution in [0.4, 0.5) is 21.0 Å². The molecule has 1 aromatic carbocycles. The first-order valence-electron chi connectivity index (χ1n) is 9.07. The summed E-state index contributed by atoms with van der Waals surface area (Å²) < 4.78 is 45.5. The number of carbonyl (C=O) groups excluding carboxylic acids is 1. The van der Waals surface area contributed by atoms with Crippen LogP contribution in [0, 0.1) is 0 Å². The van der Waals surface area contributed by atoms with Crippen LogP contribution in [0.15, 0.2) is 53.2 Å². The number of aromatic nitrogens is 1. The van der Waals surface area contributed by atoms with E-state index >= 15 is 0 Å². The molecular formula is C19H23FN4O5S2. The Bertz CT molecular complexity index is 1070. The molecule has 1 heterocycles. The predicted molar refractivity (Wildman–Crippen MR) is 118 cm³/mol. The number of sulfonamides is 1. The summed E-state index contributed by atoms with van der Waals surface area (Å²) in [7, 11) is -3.72. The summed E-state index contributed by atoms with van der Waals surface area (Å²) in [5, 5.41) is 11.8. The largest absolute Gasteiger partial charge is 0.394 e. The molecule has 0 radical (unpaired) electrons. The third-order valence-corrected chi connectivity index (χ3v) is 6.33. The highest BCUT2D eigenvalue weighted by Crippen LogP contribution is 2.31. The molecule has 1 aromatic heterocycles. The average Bonchev–Trinajstić information content (AvgIpc) is 3.12. The molecule has 0 amide bonds. The highest BCUT2D eigenvalue weighted by molar-refractivity contribution is 7.89. The third kappa shape index (κ3) is 6.67. The fraction of sp³-hybridized carbons (Fsp3) is 0.263. The minimum absolute atomic E-state index is 0.0489. The van der Waals surface area contributed by atoms with Crippen LogP contribution in [-0.2, 0) is 14.8 Å². The van der Waals surface area contributed by atoms with E-state index in [9.17, 15) is 17.6 Å². The van der Waals surface area contributed by atoms with Gasteiger partial charge in [-0.1, -0.05) is 24.0 Å². The zero-order valence-electron chi connectivity index (χ0n) is 16.7. The molecule has 0 atom stereocenters. The van der Waals surface area contributed by atoms with E-state index in [0.717, 1.165) is 17.4 Å². The van der Waals surface area contributed by atoms with Crippen molar-refractivity contribution in [2.45, 2.75) is 11.8 Å². The molecule has 0 unspecified atom stereocenters. The van der Waals surface area contributed by atoms with Gasteiger partial charge in [0.2, 0.25) is 15.8 Å². The summed E-state index contributed by atoms with van der Waals surface area (Å²) in [6.45, 7) is 5.08. The summed E-state index contributed by atoms with van der Waals surface area (Å²) >= 11 is 0.932. The molecular weight excluding hydrogens is 447 g/mol. The van der Waals surface area contributed by atoms with Gasteiger partial charge in [0, 0.05) is 12.2 Å². The standard InChI is InChI=1S/C19H23FN4O5S2/c1-3-15(20)12(2)16(26)17-18(21)24-19(30-17)23-13-4-6-14(7-5-13)31(27,28)22-8-10-29-11-9-25/h3-7,22,25H,2,8-11,21H2,1H3,(H,23,24)/b15-3+. The molecule has 2 aromatic rings. The molecule has 31 heavy (non-hydrogen) atoms. The topological polar surface area (TPSA) is 144 Å². The van der Waals surface area contributed by atoms with Gasteiger partial charge in [-0.25, -0.2) is 22.5 Å². The molecule has 9 nitrogen and oxygen atoms in total. The number of aliphatic hydroxyl groups is 1. The molecule has 2 rings (SSSR count). The minimum Gasteiger partial charge on any atom is -0.394 e. The maximum Gasteiger partial charge on any atom is 0.240 e. The minimum atomic E-state index is -3.72. The summed E-state index contributed by atoms with van der Waals surface area (Å²) in [5.41, 5.74) is 5.98. The van der Waals surface area contributed by atoms with Crippen molar-refractivity contribution in [2.75, 3.05) is 37.4 Å². The number of nitrogens with zero attached hydrogens (tertiary/aromatic N) is 1. The van der Waals surface area contributed by atoms with E-state index in [1.807, 2.05) is 0 Å². The second kappa shape index (κ2) is 11.1. The monoisotopic (exact) mass is 470 g/mol. The van der Waals surface area contributed by atoms with Crippen molar-refractivity contribution in [3.63, 3.8) is 0 Å². The van der Waals surface area contributed by atoms with Crippen LogP contribution < -0.4 is 15.8 Å². The number of ketones is 1. The van der Waals surface area contributed by atoms with E-state index in [1.165, 1.54) is 31.2 Å². The molecule has 12 heteroatoms. The first kappa shape index (κ1) is 24.6. The second-order valence-electron chi connectivity index (χ2n) is 6.06. The third-order valence-electron chi connectivity index (χ3n) is 3.87. The number of hydrogen-bond donors (Lipinski definition) is 4. The summed E-state index contributed by atoms with van der Waals surface area (Å²) in [6.07, 6.45) is 1.13. The summed E-state index contributed by atoms with van der Waals surface area (Å²) in [6, 6.07) is 5.83. The number of nitrogen functional groups attached to an aromatic ring is 1. The Labute approximate surface area is 183 Å². The lowest BCUT2D eigenvalue weighted by Crippen LogP contribution is -2.27. The molecule has 0 aliphatic carbocycles. The fourth-order valence-electron chi connectivity index (χ4n) is 2.31. The van der Waals surface area contributed by atoms with Gasteiger partial charge < -0.3 is 20.9 Å². The highest BCUT2D eigenvalue weighted by atomic mass is 32.2. The number of anilines is 3. The lowest BCUT2D eigenvalue weighted by atomic mass is 10.1. The van der Waals surface area contributed by atoms with Crippen LogP contribution in [0.1, 0.15) is 16.6 Å². The van der Waals surface area contributed by atoms with E-state index in [2.05, 4.69) is 21.6 Å². The van der Waals surface area contributed by atoms with Crippen molar-refractivity contribution in [3.05, 3.63) is 53.2 Å². The Morgan fingerprint density at radius 3 is 2.65 bits per heavy atom. The van der Waals surface area contributed by atoms with E-state index in [0.29, 0.717) is 5.69 Å². The van der Waals surface area contributed by atoms with Crippen LogP contribution in [0.25, 0.3) is 0 Å². The van der Waals surface area contributed by atoms with Crippen molar-refractivity contribution >= 4 is 43.8 Å². The number of halogens is 1. The lowest BCUT2D eigenvalue weighted by molar-refractivity contribution is 0.0961. The van der Waals surface area contributed by atoms with Crippen molar-refractivity contribution in [2.24, 2.45) is 0 Å². The molecule has 0 saturated heterocycles. The maximum atomic E-state index is 13.6. The van der Waals surface area contributed by atoms with E-state index in [1.54, 1.807) is 0 Å². The number of Topliss-reactive ketones (excluding diaryl/α,β-unsaturated/α-hetero) is 1. The van der Waals surface area contributed by atoms with Gasteiger partial charge in [0.1, 0.15) is 16.5 Å². The van der Waals surface area contributed by atoms with Gasteiger partial charge in [-0.2, -0.15) is 0 Å². The number of nitrogens with two attached hydrogens (primary N) is 1. The van der Waals surface area contributed by atoms with Crippen molar-refractivity contribution in [1.82, 2.24) is 9.71 Å². The Hall–Kier alpha value is -2.64. The van der Waals surface area contributed by atoms with Crippen molar-refractivity contribution < 1.29 is 27.4 Å². The Morgan fingerprint density at radius 1 is 1.35 bits per heavy atom. The van der Waals surface area contributed by atoms with E-state index in [-0.39, 0.29) is 52.7 Å². The number of carbonyl (C=O) groups is 1. The van der Waals surface area contributed by atoms with Crippen LogP contribution >= 0.6 is 11.3 Å². The number of benzene rings is 1. The van der Waals surface area contributed by atoms with Crippen LogP contribution in [0.3, 0.4) is 0 Å². The molecule has 5 N–H and O–H groups in total.